The molecule has 0 aromatic heterocycles. The Morgan fingerprint density at radius 3 is 1.83 bits per heavy atom. The average Bonchev–Trinajstić information content (AvgIpc) is 2.75. The highest BCUT2D eigenvalue weighted by Crippen LogP contribution is 2.26. The van der Waals surface area contributed by atoms with E-state index in [0.717, 1.165) is 19.3 Å². The molecular weight excluding hydrogens is 374 g/mol. The molecule has 0 bridgehead atoms. The molecule has 0 unspecified atom stereocenters. The van der Waals surface area contributed by atoms with Crippen molar-refractivity contribution in [1.29, 1.82) is 0 Å². The third-order valence-electron chi connectivity index (χ3n) is 5.68. The lowest BCUT2D eigenvalue weighted by atomic mass is 10.0. The van der Waals surface area contributed by atoms with Gasteiger partial charge in [-0.1, -0.05) is 102 Å². The van der Waals surface area contributed by atoms with Crippen LogP contribution in [0, 0.1) is 0 Å². The lowest BCUT2D eigenvalue weighted by Gasteiger charge is -2.10. The molecule has 0 amide bonds. The third kappa shape index (κ3) is 12.1. The van der Waals surface area contributed by atoms with Crippen molar-refractivity contribution in [2.45, 2.75) is 117 Å². The van der Waals surface area contributed by atoms with Gasteiger partial charge in [0, 0.05) is 11.6 Å². The Morgan fingerprint density at radius 2 is 1.30 bits per heavy atom. The maximum Gasteiger partial charge on any atom is 0.128 e. The minimum absolute atomic E-state index is 0.124. The molecule has 4 heteroatoms. The van der Waals surface area contributed by atoms with E-state index in [2.05, 4.69) is 19.0 Å². The van der Waals surface area contributed by atoms with Gasteiger partial charge in [0.1, 0.15) is 11.5 Å². The second-order valence-corrected chi connectivity index (χ2v) is 8.42. The summed E-state index contributed by atoms with van der Waals surface area (Å²) in [5, 5.41) is 23.2. The lowest BCUT2D eigenvalue weighted by Crippen LogP contribution is -2.03. The van der Waals surface area contributed by atoms with Gasteiger partial charge >= 0.3 is 0 Å². The second-order valence-electron chi connectivity index (χ2n) is 8.42. The number of unbranched alkanes of at least 4 members (excludes halogenated alkanes) is 13. The molecule has 0 aliphatic rings. The highest BCUT2D eigenvalue weighted by molar-refractivity contribution is 6.02. The monoisotopic (exact) mass is 419 g/mol. The van der Waals surface area contributed by atoms with Gasteiger partial charge in [-0.05, 0) is 31.4 Å². The zero-order chi connectivity index (χ0) is 21.9. The van der Waals surface area contributed by atoms with E-state index < -0.39 is 0 Å². The van der Waals surface area contributed by atoms with Crippen LogP contribution in [0.25, 0.3) is 0 Å². The van der Waals surface area contributed by atoms with Crippen LogP contribution in [-0.2, 0) is 0 Å². The maximum absolute atomic E-state index is 10.4. The molecular formula is C26H45NO3. The van der Waals surface area contributed by atoms with Crippen molar-refractivity contribution in [3.05, 3.63) is 23.8 Å². The molecule has 1 rings (SSSR count). The van der Waals surface area contributed by atoms with Crippen molar-refractivity contribution >= 4 is 5.71 Å². The first kappa shape index (κ1) is 26.3. The predicted octanol–water partition coefficient (Wildman–Crippen LogP) is 8.23. The number of ether oxygens (including phenoxy) is 1. The molecule has 0 spiro atoms. The van der Waals surface area contributed by atoms with Crippen LogP contribution >= 0.6 is 0 Å². The SMILES string of the molecule is CCCCCCCCCCC/C(=N\O)c1ccc(OCCCCCCCC)cc1O. The molecule has 30 heavy (non-hydrogen) atoms. The summed E-state index contributed by atoms with van der Waals surface area (Å²) in [6.07, 6.45) is 19.3. The van der Waals surface area contributed by atoms with Gasteiger partial charge in [-0.15, -0.1) is 0 Å². The number of rotatable bonds is 19. The van der Waals surface area contributed by atoms with Crippen LogP contribution in [0.4, 0.5) is 0 Å². The number of oxime groups is 1. The van der Waals surface area contributed by atoms with E-state index in [1.807, 2.05) is 6.07 Å². The summed E-state index contributed by atoms with van der Waals surface area (Å²) in [7, 11) is 0. The van der Waals surface area contributed by atoms with Crippen molar-refractivity contribution in [2.75, 3.05) is 6.61 Å². The average molecular weight is 420 g/mol. The Hall–Kier alpha value is -1.71. The van der Waals surface area contributed by atoms with Gasteiger partial charge in [0.15, 0.2) is 0 Å². The van der Waals surface area contributed by atoms with Crippen LogP contribution in [0.3, 0.4) is 0 Å². The van der Waals surface area contributed by atoms with Gasteiger partial charge < -0.3 is 15.1 Å². The second kappa shape index (κ2) is 18.1. The molecule has 172 valence electrons. The molecule has 0 saturated heterocycles. The Morgan fingerprint density at radius 1 is 0.767 bits per heavy atom. The minimum Gasteiger partial charge on any atom is -0.507 e. The largest absolute Gasteiger partial charge is 0.507 e. The zero-order valence-corrected chi connectivity index (χ0v) is 19.5. The first-order valence-electron chi connectivity index (χ1n) is 12.4. The van der Waals surface area contributed by atoms with E-state index >= 15 is 0 Å². The molecule has 4 nitrogen and oxygen atoms in total. The van der Waals surface area contributed by atoms with Crippen molar-refractivity contribution in [3.63, 3.8) is 0 Å². The molecule has 0 aliphatic carbocycles. The lowest BCUT2D eigenvalue weighted by molar-refractivity contribution is 0.302. The molecule has 1 aromatic rings. The van der Waals surface area contributed by atoms with E-state index in [-0.39, 0.29) is 5.75 Å². The fourth-order valence-corrected chi connectivity index (χ4v) is 3.76. The molecule has 0 fully saturated rings. The molecule has 1 aromatic carbocycles. The smallest absolute Gasteiger partial charge is 0.128 e. The van der Waals surface area contributed by atoms with Gasteiger partial charge in [-0.25, -0.2) is 0 Å². The van der Waals surface area contributed by atoms with E-state index in [1.165, 1.54) is 77.0 Å². The minimum atomic E-state index is 0.124. The summed E-state index contributed by atoms with van der Waals surface area (Å²) in [5.74, 6) is 0.796. The van der Waals surface area contributed by atoms with Crippen molar-refractivity contribution in [3.8, 4) is 11.5 Å². The summed E-state index contributed by atoms with van der Waals surface area (Å²) in [5.41, 5.74) is 1.15. The number of benzene rings is 1. The standard InChI is InChI=1S/C26H45NO3/c1-3-5-7-9-11-12-13-14-16-18-25(27-29)24-20-19-23(22-26(24)28)30-21-17-15-10-8-6-4-2/h19-20,22,28-29H,3-18,21H2,1-2H3/b27-25+. The highest BCUT2D eigenvalue weighted by Gasteiger charge is 2.11. The summed E-state index contributed by atoms with van der Waals surface area (Å²) in [6, 6.07) is 5.29. The Balaban J connectivity index is 2.27. The van der Waals surface area contributed by atoms with Gasteiger partial charge in [0.2, 0.25) is 0 Å². The number of phenols is 1. The topological polar surface area (TPSA) is 62.1 Å². The molecule has 0 radical (unpaired) electrons. The highest BCUT2D eigenvalue weighted by atomic mass is 16.5. The zero-order valence-electron chi connectivity index (χ0n) is 19.5. The van der Waals surface area contributed by atoms with Gasteiger partial charge in [0.05, 0.1) is 12.3 Å². The fourth-order valence-electron chi connectivity index (χ4n) is 3.76. The van der Waals surface area contributed by atoms with Crippen LogP contribution in [0.5, 0.6) is 11.5 Å². The summed E-state index contributed by atoms with van der Waals surface area (Å²) < 4.78 is 5.76. The van der Waals surface area contributed by atoms with Crippen LogP contribution in [0.1, 0.15) is 122 Å². The van der Waals surface area contributed by atoms with Gasteiger partial charge in [-0.2, -0.15) is 0 Å². The molecule has 0 saturated carbocycles. The summed E-state index contributed by atoms with van der Waals surface area (Å²) >= 11 is 0. The quantitative estimate of drug-likeness (QED) is 0.103. The van der Waals surface area contributed by atoms with Crippen LogP contribution in [-0.4, -0.2) is 22.6 Å². The first-order chi connectivity index (χ1) is 14.7. The Bertz CT molecular complexity index is 571. The van der Waals surface area contributed by atoms with Gasteiger partial charge in [-0.3, -0.25) is 0 Å². The van der Waals surface area contributed by atoms with E-state index in [9.17, 15) is 10.3 Å². The van der Waals surface area contributed by atoms with E-state index in [4.69, 9.17) is 4.74 Å². The molecule has 2 N–H and O–H groups in total. The first-order valence-corrected chi connectivity index (χ1v) is 12.4. The molecule has 0 atom stereocenters. The van der Waals surface area contributed by atoms with Crippen LogP contribution in [0.2, 0.25) is 0 Å². The molecule has 0 heterocycles. The number of hydrogen-bond donors (Lipinski definition) is 2. The third-order valence-corrected chi connectivity index (χ3v) is 5.68. The van der Waals surface area contributed by atoms with Gasteiger partial charge in [0.25, 0.3) is 0 Å². The van der Waals surface area contributed by atoms with Crippen molar-refractivity contribution < 1.29 is 15.1 Å². The van der Waals surface area contributed by atoms with Crippen molar-refractivity contribution in [1.82, 2.24) is 0 Å². The Labute approximate surface area is 184 Å². The normalized spacial score (nSPS) is 11.7. The summed E-state index contributed by atoms with van der Waals surface area (Å²) in [4.78, 5) is 0. The fraction of sp³-hybridized carbons (Fsp3) is 0.731. The van der Waals surface area contributed by atoms with Crippen molar-refractivity contribution in [2.24, 2.45) is 5.16 Å². The number of aromatic hydroxyl groups is 1. The Kier molecular flexibility index (Phi) is 15.9. The van der Waals surface area contributed by atoms with Crippen LogP contribution < -0.4 is 4.74 Å². The number of phenolic OH excluding ortho intramolecular Hbond substituents is 1. The van der Waals surface area contributed by atoms with E-state index in [0.29, 0.717) is 30.1 Å². The van der Waals surface area contributed by atoms with Crippen LogP contribution in [0.15, 0.2) is 23.4 Å². The van der Waals surface area contributed by atoms with E-state index in [1.54, 1.807) is 12.1 Å². The predicted molar refractivity (Wildman–Crippen MR) is 127 cm³/mol. The molecule has 0 aliphatic heterocycles. The number of hydrogen-bond acceptors (Lipinski definition) is 4. The summed E-state index contributed by atoms with van der Waals surface area (Å²) in [6.45, 7) is 5.14. The maximum atomic E-state index is 10.4. The number of nitrogens with zero attached hydrogens (tertiary/aromatic N) is 1.